The van der Waals surface area contributed by atoms with E-state index in [1.165, 1.54) is 6.07 Å². The number of likely N-dealkylation sites (N-methyl/N-ethyl adjacent to an activating group) is 1. The van der Waals surface area contributed by atoms with E-state index in [1.807, 2.05) is 36.4 Å². The van der Waals surface area contributed by atoms with Gasteiger partial charge in [-0.15, -0.1) is 0 Å². The number of carbonyl (C=O) groups is 3. The van der Waals surface area contributed by atoms with Gasteiger partial charge in [0, 0.05) is 12.5 Å². The molecule has 1 aliphatic rings. The maximum Gasteiger partial charge on any atom is 0.411 e. The van der Waals surface area contributed by atoms with E-state index in [2.05, 4.69) is 22.8 Å². The maximum atomic E-state index is 12.8. The second kappa shape index (κ2) is 10.4. The fourth-order valence-corrected chi connectivity index (χ4v) is 4.32. The zero-order valence-electron chi connectivity index (χ0n) is 19.5. The van der Waals surface area contributed by atoms with Crippen LogP contribution in [0.3, 0.4) is 0 Å². The quantitative estimate of drug-likeness (QED) is 0.459. The van der Waals surface area contributed by atoms with Crippen LogP contribution in [0.4, 0.5) is 10.5 Å². The molecular formula is C27H27N3O5. The number of carbonyl (C=O) groups excluding carboxylic acids is 2. The molecule has 3 aromatic carbocycles. The van der Waals surface area contributed by atoms with Gasteiger partial charge in [0.15, 0.2) is 0 Å². The van der Waals surface area contributed by atoms with E-state index in [4.69, 9.17) is 4.74 Å². The molecule has 1 aliphatic carbocycles. The van der Waals surface area contributed by atoms with E-state index in [9.17, 15) is 19.5 Å². The van der Waals surface area contributed by atoms with Gasteiger partial charge in [0.25, 0.3) is 5.91 Å². The van der Waals surface area contributed by atoms with Crippen molar-refractivity contribution in [3.05, 3.63) is 89.5 Å². The highest BCUT2D eigenvalue weighted by Gasteiger charge is 2.29. The first-order valence-corrected chi connectivity index (χ1v) is 11.2. The zero-order chi connectivity index (χ0) is 24.9. The largest absolute Gasteiger partial charge is 0.480 e. The van der Waals surface area contributed by atoms with Crippen molar-refractivity contribution in [2.24, 2.45) is 0 Å². The normalized spacial score (nSPS) is 13.0. The van der Waals surface area contributed by atoms with Gasteiger partial charge < -0.3 is 20.1 Å². The van der Waals surface area contributed by atoms with Crippen LogP contribution >= 0.6 is 0 Å². The first-order valence-electron chi connectivity index (χ1n) is 11.2. The summed E-state index contributed by atoms with van der Waals surface area (Å²) in [6, 6.07) is 21.4. The molecule has 0 aromatic heterocycles. The minimum atomic E-state index is -1.14. The minimum Gasteiger partial charge on any atom is -0.480 e. The molecule has 3 aromatic rings. The van der Waals surface area contributed by atoms with Crippen LogP contribution in [0, 0.1) is 0 Å². The highest BCUT2D eigenvalue weighted by molar-refractivity contribution is 6.03. The molecule has 0 saturated carbocycles. The summed E-state index contributed by atoms with van der Waals surface area (Å²) in [5, 5.41) is 14.5. The third-order valence-corrected chi connectivity index (χ3v) is 5.90. The fourth-order valence-electron chi connectivity index (χ4n) is 4.32. The van der Waals surface area contributed by atoms with Gasteiger partial charge in [-0.25, -0.2) is 9.59 Å². The number of fused-ring (bicyclic) bond motifs is 3. The van der Waals surface area contributed by atoms with Crippen LogP contribution in [-0.2, 0) is 9.53 Å². The van der Waals surface area contributed by atoms with E-state index in [-0.39, 0.29) is 30.3 Å². The van der Waals surface area contributed by atoms with Crippen LogP contribution in [0.1, 0.15) is 27.4 Å². The first kappa shape index (κ1) is 24.0. The molecule has 35 heavy (non-hydrogen) atoms. The van der Waals surface area contributed by atoms with E-state index >= 15 is 0 Å². The second-order valence-electron chi connectivity index (χ2n) is 8.62. The van der Waals surface area contributed by atoms with Crippen LogP contribution < -0.4 is 10.6 Å². The Hall–Kier alpha value is -4.17. The number of ether oxygens (including phenoxy) is 1. The molecule has 0 heterocycles. The molecule has 0 aliphatic heterocycles. The van der Waals surface area contributed by atoms with Gasteiger partial charge in [0.1, 0.15) is 12.6 Å². The number of carboxylic acid groups (broad SMARTS) is 1. The second-order valence-corrected chi connectivity index (χ2v) is 8.62. The van der Waals surface area contributed by atoms with E-state index in [0.29, 0.717) is 0 Å². The lowest BCUT2D eigenvalue weighted by molar-refractivity contribution is -0.139. The molecule has 0 unspecified atom stereocenters. The Labute approximate surface area is 203 Å². The van der Waals surface area contributed by atoms with Crippen LogP contribution in [0.5, 0.6) is 0 Å². The number of carboxylic acids is 1. The predicted octanol–water partition coefficient (Wildman–Crippen LogP) is 3.79. The summed E-state index contributed by atoms with van der Waals surface area (Å²) in [5.41, 5.74) is 4.83. The lowest BCUT2D eigenvalue weighted by Gasteiger charge is -2.19. The summed E-state index contributed by atoms with van der Waals surface area (Å²) >= 11 is 0. The average molecular weight is 474 g/mol. The number of anilines is 1. The Bertz CT molecular complexity index is 1210. The van der Waals surface area contributed by atoms with Crippen molar-refractivity contribution < 1.29 is 24.2 Å². The fraction of sp³-hybridized carbons (Fsp3) is 0.222. The van der Waals surface area contributed by atoms with Gasteiger partial charge >= 0.3 is 12.1 Å². The Kier molecular flexibility index (Phi) is 7.12. The van der Waals surface area contributed by atoms with Crippen molar-refractivity contribution in [1.82, 2.24) is 10.2 Å². The third-order valence-electron chi connectivity index (χ3n) is 5.90. The third kappa shape index (κ3) is 5.33. The highest BCUT2D eigenvalue weighted by atomic mass is 16.5. The van der Waals surface area contributed by atoms with Crippen LogP contribution in [-0.4, -0.2) is 61.3 Å². The van der Waals surface area contributed by atoms with Crippen LogP contribution in [0.25, 0.3) is 11.1 Å². The van der Waals surface area contributed by atoms with Crippen molar-refractivity contribution in [2.45, 2.75) is 12.0 Å². The summed E-state index contributed by atoms with van der Waals surface area (Å²) < 4.78 is 5.57. The Morgan fingerprint density at radius 1 is 0.914 bits per heavy atom. The lowest BCUT2D eigenvalue weighted by atomic mass is 9.98. The van der Waals surface area contributed by atoms with E-state index < -0.39 is 24.0 Å². The average Bonchev–Trinajstić information content (AvgIpc) is 3.16. The molecule has 8 nitrogen and oxygen atoms in total. The molecule has 0 radical (unpaired) electrons. The first-order chi connectivity index (χ1) is 16.8. The van der Waals surface area contributed by atoms with Crippen LogP contribution in [0.2, 0.25) is 0 Å². The molecule has 0 fully saturated rings. The van der Waals surface area contributed by atoms with Crippen molar-refractivity contribution >= 4 is 23.7 Å². The zero-order valence-corrected chi connectivity index (χ0v) is 19.5. The smallest absolute Gasteiger partial charge is 0.411 e. The van der Waals surface area contributed by atoms with Gasteiger partial charge in [0.05, 0.1) is 11.3 Å². The number of aliphatic carboxylic acids is 1. The van der Waals surface area contributed by atoms with Gasteiger partial charge in [-0.2, -0.15) is 0 Å². The minimum absolute atomic E-state index is 0.0888. The number of para-hydroxylation sites is 1. The van der Waals surface area contributed by atoms with Gasteiger partial charge in [-0.1, -0.05) is 60.7 Å². The number of amides is 2. The van der Waals surface area contributed by atoms with Crippen molar-refractivity contribution in [1.29, 1.82) is 0 Å². The number of nitrogens with zero attached hydrogens (tertiary/aromatic N) is 1. The number of rotatable bonds is 8. The Morgan fingerprint density at radius 3 is 2.09 bits per heavy atom. The molecule has 0 bridgehead atoms. The molecule has 1 atom stereocenters. The van der Waals surface area contributed by atoms with Crippen molar-refractivity contribution in [2.75, 3.05) is 32.6 Å². The summed E-state index contributed by atoms with van der Waals surface area (Å²) in [6.07, 6.45) is -0.699. The van der Waals surface area contributed by atoms with Gasteiger partial charge in [-0.3, -0.25) is 10.1 Å². The molecule has 0 spiro atoms. The number of hydrogen-bond donors (Lipinski definition) is 3. The lowest BCUT2D eigenvalue weighted by Crippen LogP contribution is -2.47. The summed E-state index contributed by atoms with van der Waals surface area (Å²) in [4.78, 5) is 38.7. The molecule has 2 amide bonds. The van der Waals surface area contributed by atoms with E-state index in [0.717, 1.165) is 22.3 Å². The van der Waals surface area contributed by atoms with Gasteiger partial charge in [-0.05, 0) is 48.5 Å². The molecule has 3 N–H and O–H groups in total. The molecule has 180 valence electrons. The summed E-state index contributed by atoms with van der Waals surface area (Å²) in [7, 11) is 3.43. The summed E-state index contributed by atoms with van der Waals surface area (Å²) in [6.45, 7) is 0.265. The standard InChI is InChI=1S/C27H27N3O5/c1-30(2)15-24(26(32)33)28-25(31)21-13-7-8-14-23(21)29-27(34)35-16-22-19-11-5-3-9-17(19)18-10-4-6-12-20(18)22/h3-14,22,24H,15-16H2,1-2H3,(H,28,31)(H,29,34)(H,32,33)/t24-/m0/s1. The van der Waals surface area contributed by atoms with Crippen molar-refractivity contribution in [3.8, 4) is 11.1 Å². The molecule has 8 heteroatoms. The number of hydrogen-bond acceptors (Lipinski definition) is 5. The number of nitrogens with one attached hydrogen (secondary N) is 2. The Balaban J connectivity index is 1.44. The highest BCUT2D eigenvalue weighted by Crippen LogP contribution is 2.44. The molecule has 0 saturated heterocycles. The number of benzene rings is 3. The maximum absolute atomic E-state index is 12.8. The topological polar surface area (TPSA) is 108 Å². The Morgan fingerprint density at radius 2 is 1.49 bits per heavy atom. The predicted molar refractivity (Wildman–Crippen MR) is 133 cm³/mol. The monoisotopic (exact) mass is 473 g/mol. The summed E-state index contributed by atoms with van der Waals surface area (Å²) in [5.74, 6) is -1.84. The SMILES string of the molecule is CN(C)C[C@H](NC(=O)c1ccccc1NC(=O)OCC1c2ccccc2-c2ccccc21)C(=O)O. The van der Waals surface area contributed by atoms with E-state index in [1.54, 1.807) is 37.2 Å². The van der Waals surface area contributed by atoms with Crippen LogP contribution in [0.15, 0.2) is 72.8 Å². The van der Waals surface area contributed by atoms with Crippen molar-refractivity contribution in [3.63, 3.8) is 0 Å². The molecular weight excluding hydrogens is 446 g/mol. The van der Waals surface area contributed by atoms with Gasteiger partial charge in [0.2, 0.25) is 0 Å². The molecule has 4 rings (SSSR count).